The molecule has 122 valence electrons. The molecule has 0 saturated heterocycles. The minimum absolute atomic E-state index is 0.480. The average molecular weight is 336 g/mol. The Kier molecular flexibility index (Phi) is 4.05. The molecule has 24 heavy (non-hydrogen) atoms. The van der Waals surface area contributed by atoms with Crippen LogP contribution in [0.4, 0.5) is 23.4 Å². The summed E-state index contributed by atoms with van der Waals surface area (Å²) in [5, 5.41) is 18.3. The quantitative estimate of drug-likeness (QED) is 0.781. The largest absolute Gasteiger partial charge is 0.417 e. The first-order valence-corrected chi connectivity index (χ1v) is 6.36. The highest BCUT2D eigenvalue weighted by molar-refractivity contribution is 5.82. The second-order valence-corrected chi connectivity index (χ2v) is 4.81. The number of H-pyrrole nitrogens is 1. The van der Waals surface area contributed by atoms with Gasteiger partial charge in [-0.15, -0.1) is 0 Å². The van der Waals surface area contributed by atoms with E-state index in [1.165, 1.54) is 6.07 Å². The molecule has 2 rings (SSSR count). The van der Waals surface area contributed by atoms with Gasteiger partial charge in [0.15, 0.2) is 0 Å². The van der Waals surface area contributed by atoms with E-state index in [1.807, 2.05) is 4.98 Å². The van der Waals surface area contributed by atoms with Crippen molar-refractivity contribution in [2.45, 2.75) is 13.1 Å². The summed E-state index contributed by atoms with van der Waals surface area (Å²) in [7, 11) is 0. The molecular formula is C15H8F4N4O. The van der Waals surface area contributed by atoms with Crippen LogP contribution in [0.15, 0.2) is 16.9 Å². The van der Waals surface area contributed by atoms with E-state index in [0.29, 0.717) is 0 Å². The van der Waals surface area contributed by atoms with Crippen LogP contribution >= 0.6 is 0 Å². The van der Waals surface area contributed by atoms with Crippen LogP contribution < -0.4 is 11.3 Å². The van der Waals surface area contributed by atoms with E-state index < -0.39 is 56.8 Å². The molecule has 0 saturated carbocycles. The molecule has 1 heterocycles. The molecule has 1 aromatic heterocycles. The van der Waals surface area contributed by atoms with Crippen LogP contribution in [0.5, 0.6) is 0 Å². The monoisotopic (exact) mass is 336 g/mol. The minimum Gasteiger partial charge on any atom is -0.384 e. The van der Waals surface area contributed by atoms with Crippen molar-refractivity contribution >= 4 is 5.82 Å². The fourth-order valence-corrected chi connectivity index (χ4v) is 2.37. The minimum atomic E-state index is -4.97. The summed E-state index contributed by atoms with van der Waals surface area (Å²) in [5.41, 5.74) is -0.0960. The molecule has 0 aliphatic heterocycles. The van der Waals surface area contributed by atoms with Gasteiger partial charge in [-0.1, -0.05) is 6.07 Å². The summed E-state index contributed by atoms with van der Waals surface area (Å²) in [6, 6.07) is 4.56. The number of hydrogen-bond donors (Lipinski definition) is 2. The predicted molar refractivity (Wildman–Crippen MR) is 76.0 cm³/mol. The maximum atomic E-state index is 13.6. The summed E-state index contributed by atoms with van der Waals surface area (Å²) in [6.07, 6.45) is -4.97. The number of pyridine rings is 1. The molecule has 0 radical (unpaired) electrons. The Balaban J connectivity index is 3.11. The Labute approximate surface area is 132 Å². The molecular weight excluding hydrogens is 328 g/mol. The number of anilines is 1. The molecule has 3 N–H and O–H groups in total. The van der Waals surface area contributed by atoms with Gasteiger partial charge in [0.1, 0.15) is 34.9 Å². The highest BCUT2D eigenvalue weighted by Crippen LogP contribution is 2.42. The fraction of sp³-hybridized carbons (Fsp3) is 0.133. The molecule has 0 amide bonds. The van der Waals surface area contributed by atoms with Crippen molar-refractivity contribution in [3.05, 3.63) is 50.6 Å². The van der Waals surface area contributed by atoms with Crippen molar-refractivity contribution in [2.75, 3.05) is 5.73 Å². The zero-order chi connectivity index (χ0) is 18.2. The highest BCUT2D eigenvalue weighted by atomic mass is 19.4. The number of aromatic amines is 1. The second kappa shape index (κ2) is 5.70. The molecule has 9 heteroatoms. The molecule has 0 aliphatic carbocycles. The van der Waals surface area contributed by atoms with E-state index in [1.54, 1.807) is 6.07 Å². The first kappa shape index (κ1) is 17.0. The first-order chi connectivity index (χ1) is 11.1. The van der Waals surface area contributed by atoms with Gasteiger partial charge >= 0.3 is 6.18 Å². The fourth-order valence-electron chi connectivity index (χ4n) is 2.37. The third kappa shape index (κ3) is 2.57. The topological polar surface area (TPSA) is 106 Å². The second-order valence-electron chi connectivity index (χ2n) is 4.81. The number of nitrogen functional groups attached to an aromatic ring is 1. The van der Waals surface area contributed by atoms with Gasteiger partial charge < -0.3 is 10.7 Å². The van der Waals surface area contributed by atoms with Crippen LogP contribution in [0.2, 0.25) is 0 Å². The smallest absolute Gasteiger partial charge is 0.384 e. The van der Waals surface area contributed by atoms with Gasteiger partial charge in [0.05, 0.1) is 5.56 Å². The number of aromatic nitrogens is 1. The van der Waals surface area contributed by atoms with Crippen molar-refractivity contribution in [3.8, 4) is 23.3 Å². The Bertz CT molecular complexity index is 977. The lowest BCUT2D eigenvalue weighted by molar-refractivity contribution is -0.137. The standard InChI is InChI=1S/C15H8F4N4O/c1-6-10(16)3-2-7(12(6)15(17,18)19)11-8(4-20)13(22)23-14(24)9(11)5-21/h2-3H,1H3,(H3,22,23,24). The molecule has 2 aromatic rings. The molecule has 0 bridgehead atoms. The normalized spacial score (nSPS) is 11.0. The summed E-state index contributed by atoms with van der Waals surface area (Å²) in [4.78, 5) is 13.8. The Hall–Kier alpha value is -3.33. The van der Waals surface area contributed by atoms with E-state index in [0.717, 1.165) is 19.1 Å². The van der Waals surface area contributed by atoms with Crippen molar-refractivity contribution in [1.82, 2.24) is 4.98 Å². The molecule has 0 aliphatic rings. The third-order valence-corrected chi connectivity index (χ3v) is 3.42. The van der Waals surface area contributed by atoms with Gasteiger partial charge in [-0.3, -0.25) is 4.79 Å². The molecule has 1 aromatic carbocycles. The van der Waals surface area contributed by atoms with Gasteiger partial charge in [-0.2, -0.15) is 23.7 Å². The van der Waals surface area contributed by atoms with E-state index in [2.05, 4.69) is 0 Å². The van der Waals surface area contributed by atoms with Crippen LogP contribution in [0, 0.1) is 35.4 Å². The zero-order valence-corrected chi connectivity index (χ0v) is 12.0. The van der Waals surface area contributed by atoms with Crippen molar-refractivity contribution in [3.63, 3.8) is 0 Å². The number of nitrogens with zero attached hydrogens (tertiary/aromatic N) is 2. The van der Waals surface area contributed by atoms with E-state index in [4.69, 9.17) is 11.0 Å². The molecule has 5 nitrogen and oxygen atoms in total. The number of nitrogens with two attached hydrogens (primary N) is 1. The maximum Gasteiger partial charge on any atom is 0.417 e. The number of rotatable bonds is 1. The molecule has 0 spiro atoms. The Morgan fingerprint density at radius 1 is 1.17 bits per heavy atom. The van der Waals surface area contributed by atoms with Crippen LogP contribution in [0.3, 0.4) is 0 Å². The van der Waals surface area contributed by atoms with Gasteiger partial charge in [-0.25, -0.2) is 4.39 Å². The highest BCUT2D eigenvalue weighted by Gasteiger charge is 2.38. The Morgan fingerprint density at radius 3 is 2.25 bits per heavy atom. The summed E-state index contributed by atoms with van der Waals surface area (Å²) in [5.74, 6) is -1.59. The van der Waals surface area contributed by atoms with Crippen LogP contribution in [0.1, 0.15) is 22.3 Å². The predicted octanol–water partition coefficient (Wildman–Crippen LogP) is 2.83. The lowest BCUT2D eigenvalue weighted by Gasteiger charge is -2.18. The van der Waals surface area contributed by atoms with Gasteiger partial charge in [0.25, 0.3) is 5.56 Å². The number of nitrogens with one attached hydrogen (secondary N) is 1. The number of nitriles is 2. The maximum absolute atomic E-state index is 13.6. The van der Waals surface area contributed by atoms with Gasteiger partial charge in [-0.05, 0) is 24.1 Å². The lowest BCUT2D eigenvalue weighted by atomic mass is 9.90. The van der Waals surface area contributed by atoms with Crippen molar-refractivity contribution in [1.29, 1.82) is 10.5 Å². The van der Waals surface area contributed by atoms with Gasteiger partial charge in [0.2, 0.25) is 0 Å². The van der Waals surface area contributed by atoms with Gasteiger partial charge in [0, 0.05) is 5.56 Å². The summed E-state index contributed by atoms with van der Waals surface area (Å²) >= 11 is 0. The molecule has 0 fully saturated rings. The summed E-state index contributed by atoms with van der Waals surface area (Å²) < 4.78 is 53.8. The lowest BCUT2D eigenvalue weighted by Crippen LogP contribution is -2.18. The van der Waals surface area contributed by atoms with Crippen molar-refractivity contribution in [2.24, 2.45) is 0 Å². The zero-order valence-electron chi connectivity index (χ0n) is 12.0. The summed E-state index contributed by atoms with van der Waals surface area (Å²) in [6.45, 7) is 0.913. The van der Waals surface area contributed by atoms with E-state index >= 15 is 0 Å². The number of benzene rings is 1. The van der Waals surface area contributed by atoms with E-state index in [-0.39, 0.29) is 0 Å². The number of halogens is 4. The van der Waals surface area contributed by atoms with Crippen LogP contribution in [-0.2, 0) is 6.18 Å². The van der Waals surface area contributed by atoms with E-state index in [9.17, 15) is 27.6 Å². The third-order valence-electron chi connectivity index (χ3n) is 3.42. The SMILES string of the molecule is Cc1c(F)ccc(-c2c(C#N)c(N)[nH]c(=O)c2C#N)c1C(F)(F)F. The molecule has 0 unspecified atom stereocenters. The van der Waals surface area contributed by atoms with Crippen molar-refractivity contribution < 1.29 is 17.6 Å². The number of hydrogen-bond acceptors (Lipinski definition) is 4. The first-order valence-electron chi connectivity index (χ1n) is 6.36. The molecule has 0 atom stereocenters. The van der Waals surface area contributed by atoms with Crippen LogP contribution in [-0.4, -0.2) is 4.98 Å². The Morgan fingerprint density at radius 2 is 1.75 bits per heavy atom. The average Bonchev–Trinajstić information content (AvgIpc) is 2.48. The van der Waals surface area contributed by atoms with Crippen LogP contribution in [0.25, 0.3) is 11.1 Å². The number of alkyl halides is 3.